The van der Waals surface area contributed by atoms with Gasteiger partial charge in [0.25, 0.3) is 0 Å². The predicted molar refractivity (Wildman–Crippen MR) is 79.5 cm³/mol. The van der Waals surface area contributed by atoms with Crippen LogP contribution < -0.4 is 14.8 Å². The molecule has 1 aliphatic carbocycles. The number of alkyl halides is 3. The topological polar surface area (TPSA) is 47.6 Å². The molecule has 0 aromatic heterocycles. The van der Waals surface area contributed by atoms with Gasteiger partial charge in [-0.25, -0.2) is 0 Å². The molecule has 0 atom stereocenters. The predicted octanol–water partition coefficient (Wildman–Crippen LogP) is 3.10. The van der Waals surface area contributed by atoms with Crippen LogP contribution in [0.4, 0.5) is 13.2 Å². The molecule has 1 N–H and O–H groups in total. The van der Waals surface area contributed by atoms with Gasteiger partial charge in [0.1, 0.15) is 0 Å². The Morgan fingerprint density at radius 3 is 2.48 bits per heavy atom. The van der Waals surface area contributed by atoms with E-state index < -0.39 is 12.1 Å². The normalized spacial score (nSPS) is 16.0. The van der Waals surface area contributed by atoms with Gasteiger partial charge in [-0.1, -0.05) is 6.08 Å². The van der Waals surface area contributed by atoms with Crippen molar-refractivity contribution in [3.8, 4) is 11.5 Å². The van der Waals surface area contributed by atoms with Crippen LogP contribution in [0.2, 0.25) is 0 Å². The summed E-state index contributed by atoms with van der Waals surface area (Å²) < 4.78 is 47.0. The quantitative estimate of drug-likeness (QED) is 0.923. The first kappa shape index (κ1) is 17.2. The number of aryl methyl sites for hydroxylation is 1. The molecule has 0 fully saturated rings. The molecule has 126 valence electrons. The summed E-state index contributed by atoms with van der Waals surface area (Å²) in [5.74, 6) is -0.742. The number of fused-ring (bicyclic) bond motifs is 1. The molecule has 0 aliphatic heterocycles. The van der Waals surface area contributed by atoms with E-state index in [9.17, 15) is 18.0 Å². The molecule has 0 heterocycles. The van der Waals surface area contributed by atoms with Crippen LogP contribution in [0.3, 0.4) is 0 Å². The lowest BCUT2D eigenvalue weighted by molar-refractivity contribution is -0.173. The number of hydrogen-bond donors (Lipinski definition) is 1. The SMILES string of the molecule is COc1cc2c(cc1OC)/C(=C/CNC(=O)C(F)(F)F)CCC2. The summed E-state index contributed by atoms with van der Waals surface area (Å²) in [6.45, 7) is -0.165. The van der Waals surface area contributed by atoms with E-state index in [-0.39, 0.29) is 6.54 Å². The highest BCUT2D eigenvalue weighted by atomic mass is 19.4. The first-order chi connectivity index (χ1) is 10.9. The lowest BCUT2D eigenvalue weighted by Crippen LogP contribution is -2.36. The number of carbonyl (C=O) groups excluding carboxylic acids is 1. The van der Waals surface area contributed by atoms with Crippen molar-refractivity contribution in [1.29, 1.82) is 0 Å². The summed E-state index contributed by atoms with van der Waals surface area (Å²) in [5.41, 5.74) is 2.88. The van der Waals surface area contributed by atoms with E-state index >= 15 is 0 Å². The highest BCUT2D eigenvalue weighted by molar-refractivity contribution is 5.82. The maximum atomic E-state index is 12.2. The number of allylic oxidation sites excluding steroid dienone is 1. The van der Waals surface area contributed by atoms with E-state index in [0.717, 1.165) is 36.0 Å². The zero-order valence-corrected chi connectivity index (χ0v) is 12.9. The third kappa shape index (κ3) is 3.97. The molecule has 2 rings (SSSR count). The van der Waals surface area contributed by atoms with Crippen LogP contribution in [-0.4, -0.2) is 32.8 Å². The van der Waals surface area contributed by atoms with Gasteiger partial charge in [-0.15, -0.1) is 0 Å². The Balaban J connectivity index is 2.21. The van der Waals surface area contributed by atoms with Crippen LogP contribution in [-0.2, 0) is 11.2 Å². The largest absolute Gasteiger partial charge is 0.493 e. The van der Waals surface area contributed by atoms with Gasteiger partial charge in [0, 0.05) is 6.54 Å². The molecule has 0 unspecified atom stereocenters. The van der Waals surface area contributed by atoms with Crippen molar-refractivity contribution in [2.75, 3.05) is 20.8 Å². The van der Waals surface area contributed by atoms with Gasteiger partial charge in [0.05, 0.1) is 14.2 Å². The minimum Gasteiger partial charge on any atom is -0.493 e. The zero-order chi connectivity index (χ0) is 17.0. The fourth-order valence-corrected chi connectivity index (χ4v) is 2.61. The van der Waals surface area contributed by atoms with Crippen LogP contribution in [0.5, 0.6) is 11.5 Å². The standard InChI is InChI=1S/C16H18F3NO3/c1-22-13-8-11-5-3-4-10(12(11)9-14(13)23-2)6-7-20-15(21)16(17,18)19/h6,8-9H,3-5,7H2,1-2H3,(H,20,21)/b10-6+. The number of benzene rings is 1. The number of hydrogen-bond acceptors (Lipinski definition) is 3. The summed E-state index contributed by atoms with van der Waals surface area (Å²) in [5, 5.41) is 1.86. The monoisotopic (exact) mass is 329 g/mol. The van der Waals surface area contributed by atoms with Crippen LogP contribution >= 0.6 is 0 Å². The zero-order valence-electron chi connectivity index (χ0n) is 12.9. The minimum atomic E-state index is -4.86. The van der Waals surface area contributed by atoms with Crippen molar-refractivity contribution >= 4 is 11.5 Å². The Morgan fingerprint density at radius 1 is 1.22 bits per heavy atom. The number of ether oxygens (including phenoxy) is 2. The lowest BCUT2D eigenvalue weighted by atomic mass is 9.86. The Bertz CT molecular complexity index is 624. The molecule has 1 aromatic carbocycles. The van der Waals surface area contributed by atoms with Crippen LogP contribution in [0.1, 0.15) is 24.0 Å². The van der Waals surface area contributed by atoms with E-state index in [4.69, 9.17) is 9.47 Å². The number of rotatable bonds is 4. The molecular weight excluding hydrogens is 311 g/mol. The molecule has 0 radical (unpaired) electrons. The van der Waals surface area contributed by atoms with Crippen LogP contribution in [0.25, 0.3) is 5.57 Å². The van der Waals surface area contributed by atoms with E-state index in [1.54, 1.807) is 13.2 Å². The molecule has 23 heavy (non-hydrogen) atoms. The molecule has 0 saturated heterocycles. The second-order valence-electron chi connectivity index (χ2n) is 5.16. The summed E-state index contributed by atoms with van der Waals surface area (Å²) in [7, 11) is 3.08. The highest BCUT2D eigenvalue weighted by Gasteiger charge is 2.38. The van der Waals surface area contributed by atoms with Gasteiger partial charge in [-0.05, 0) is 48.1 Å². The van der Waals surface area contributed by atoms with E-state index in [1.165, 1.54) is 7.11 Å². The molecule has 7 heteroatoms. The van der Waals surface area contributed by atoms with Gasteiger partial charge in [0.2, 0.25) is 0 Å². The van der Waals surface area contributed by atoms with Gasteiger partial charge in [0.15, 0.2) is 11.5 Å². The molecule has 1 aliphatic rings. The summed E-state index contributed by atoms with van der Waals surface area (Å²) in [6, 6.07) is 3.71. The van der Waals surface area contributed by atoms with Crippen LogP contribution in [0.15, 0.2) is 18.2 Å². The van der Waals surface area contributed by atoms with Gasteiger partial charge in [-0.3, -0.25) is 4.79 Å². The molecule has 0 spiro atoms. The fraction of sp³-hybridized carbons (Fsp3) is 0.438. The average molecular weight is 329 g/mol. The Hall–Kier alpha value is -2.18. The van der Waals surface area contributed by atoms with Gasteiger partial charge in [-0.2, -0.15) is 13.2 Å². The van der Waals surface area contributed by atoms with Crippen molar-refractivity contribution in [1.82, 2.24) is 5.32 Å². The van der Waals surface area contributed by atoms with Crippen molar-refractivity contribution in [3.63, 3.8) is 0 Å². The molecule has 0 bridgehead atoms. The van der Waals surface area contributed by atoms with E-state index in [1.807, 2.05) is 17.4 Å². The first-order valence-corrected chi connectivity index (χ1v) is 7.16. The summed E-state index contributed by atoms with van der Waals surface area (Å²) in [6.07, 6.45) is -0.749. The average Bonchev–Trinajstić information content (AvgIpc) is 2.52. The third-order valence-electron chi connectivity index (χ3n) is 3.72. The number of carbonyl (C=O) groups is 1. The highest BCUT2D eigenvalue weighted by Crippen LogP contribution is 2.38. The number of halogens is 3. The summed E-state index contributed by atoms with van der Waals surface area (Å²) >= 11 is 0. The minimum absolute atomic E-state index is 0.165. The third-order valence-corrected chi connectivity index (χ3v) is 3.72. The molecule has 0 saturated carbocycles. The van der Waals surface area contributed by atoms with Gasteiger partial charge >= 0.3 is 12.1 Å². The Morgan fingerprint density at radius 2 is 1.87 bits per heavy atom. The van der Waals surface area contributed by atoms with Crippen LogP contribution in [0, 0.1) is 0 Å². The lowest BCUT2D eigenvalue weighted by Gasteiger charge is -2.21. The second kappa shape index (κ2) is 6.93. The number of nitrogens with one attached hydrogen (secondary N) is 1. The maximum absolute atomic E-state index is 12.2. The smallest absolute Gasteiger partial charge is 0.471 e. The van der Waals surface area contributed by atoms with E-state index in [2.05, 4.69) is 0 Å². The second-order valence-corrected chi connectivity index (χ2v) is 5.16. The van der Waals surface area contributed by atoms with Crippen molar-refractivity contribution < 1.29 is 27.4 Å². The van der Waals surface area contributed by atoms with Crippen molar-refractivity contribution in [2.24, 2.45) is 0 Å². The van der Waals surface area contributed by atoms with Crippen molar-refractivity contribution in [3.05, 3.63) is 29.3 Å². The molecule has 4 nitrogen and oxygen atoms in total. The summed E-state index contributed by atoms with van der Waals surface area (Å²) in [4.78, 5) is 10.8. The maximum Gasteiger partial charge on any atom is 0.471 e. The van der Waals surface area contributed by atoms with Gasteiger partial charge < -0.3 is 14.8 Å². The molecule has 1 amide bonds. The first-order valence-electron chi connectivity index (χ1n) is 7.16. The molecular formula is C16H18F3NO3. The Kier molecular flexibility index (Phi) is 5.18. The Labute approximate surface area is 132 Å². The number of amides is 1. The van der Waals surface area contributed by atoms with Crippen molar-refractivity contribution in [2.45, 2.75) is 25.4 Å². The number of methoxy groups -OCH3 is 2. The molecule has 1 aromatic rings. The van der Waals surface area contributed by atoms with E-state index in [0.29, 0.717) is 11.5 Å². The fourth-order valence-electron chi connectivity index (χ4n) is 2.61.